The van der Waals surface area contributed by atoms with E-state index < -0.39 is 17.5 Å². The second kappa shape index (κ2) is 6.89. The van der Waals surface area contributed by atoms with E-state index in [1.54, 1.807) is 23.5 Å². The molecule has 0 heterocycles. The van der Waals surface area contributed by atoms with Gasteiger partial charge in [-0.15, -0.1) is 23.5 Å². The lowest BCUT2D eigenvalue weighted by atomic mass is 10.1. The van der Waals surface area contributed by atoms with Gasteiger partial charge in [0.1, 0.15) is 0 Å². The molecule has 0 atom stereocenters. The Morgan fingerprint density at radius 3 is 2.33 bits per heavy atom. The summed E-state index contributed by atoms with van der Waals surface area (Å²) in [7, 11) is 0. The van der Waals surface area contributed by atoms with Crippen molar-refractivity contribution in [2.45, 2.75) is 18.4 Å². The number of hydrogen-bond donors (Lipinski definition) is 2. The number of phenolic OH excluding ortho intramolecular Hbond substituents is 1. The van der Waals surface area contributed by atoms with Crippen molar-refractivity contribution in [3.05, 3.63) is 29.1 Å². The van der Waals surface area contributed by atoms with Crippen LogP contribution in [0, 0.1) is 5.82 Å². The number of carboxylic acids is 1. The molecular weight excluding hydrogens is 275 g/mol. The van der Waals surface area contributed by atoms with Gasteiger partial charge in [-0.05, 0) is 23.6 Å². The molecule has 0 aliphatic heterocycles. The third-order valence-corrected chi connectivity index (χ3v) is 4.83. The first-order valence-corrected chi connectivity index (χ1v) is 7.59. The summed E-state index contributed by atoms with van der Waals surface area (Å²) in [6.45, 7) is 3.92. The second-order valence-corrected chi connectivity index (χ2v) is 6.51. The van der Waals surface area contributed by atoms with E-state index in [2.05, 4.69) is 0 Å². The minimum atomic E-state index is -1.20. The van der Waals surface area contributed by atoms with Crippen LogP contribution in [0.5, 0.6) is 5.75 Å². The second-order valence-electron chi connectivity index (χ2n) is 3.44. The van der Waals surface area contributed by atoms with E-state index in [9.17, 15) is 14.3 Å². The molecule has 0 fully saturated rings. The average molecular weight is 290 g/mol. The van der Waals surface area contributed by atoms with Crippen LogP contribution in [0.1, 0.15) is 34.4 Å². The lowest BCUT2D eigenvalue weighted by Gasteiger charge is -2.17. The molecule has 1 rings (SSSR count). The number of hydrogen-bond acceptors (Lipinski definition) is 4. The van der Waals surface area contributed by atoms with Crippen molar-refractivity contribution in [1.29, 1.82) is 0 Å². The van der Waals surface area contributed by atoms with Gasteiger partial charge in [-0.3, -0.25) is 0 Å². The maximum atomic E-state index is 13.5. The number of aromatic carboxylic acids is 1. The Kier molecular flexibility index (Phi) is 5.81. The van der Waals surface area contributed by atoms with Gasteiger partial charge in [0.2, 0.25) is 0 Å². The van der Waals surface area contributed by atoms with Crippen molar-refractivity contribution in [2.75, 3.05) is 11.5 Å². The largest absolute Gasteiger partial charge is 0.505 e. The van der Waals surface area contributed by atoms with E-state index in [-0.39, 0.29) is 10.1 Å². The Bertz CT molecular complexity index is 432. The molecule has 0 aliphatic carbocycles. The Labute approximate surface area is 114 Å². The van der Waals surface area contributed by atoms with E-state index >= 15 is 0 Å². The lowest BCUT2D eigenvalue weighted by molar-refractivity contribution is 0.0696. The monoisotopic (exact) mass is 290 g/mol. The van der Waals surface area contributed by atoms with E-state index in [1.807, 2.05) is 13.8 Å². The van der Waals surface area contributed by atoms with Crippen molar-refractivity contribution >= 4 is 29.5 Å². The van der Waals surface area contributed by atoms with Crippen LogP contribution in [-0.4, -0.2) is 27.7 Å². The molecule has 0 radical (unpaired) electrons. The molecule has 1 aromatic rings. The molecule has 0 aliphatic rings. The van der Waals surface area contributed by atoms with Gasteiger partial charge in [0.05, 0.1) is 10.1 Å². The van der Waals surface area contributed by atoms with Crippen molar-refractivity contribution in [3.8, 4) is 5.75 Å². The molecule has 18 heavy (non-hydrogen) atoms. The molecule has 100 valence electrons. The van der Waals surface area contributed by atoms with Gasteiger partial charge in [-0.2, -0.15) is 0 Å². The molecule has 1 aromatic carbocycles. The Hall–Kier alpha value is -0.880. The summed E-state index contributed by atoms with van der Waals surface area (Å²) in [4.78, 5) is 10.9. The van der Waals surface area contributed by atoms with E-state index in [0.717, 1.165) is 17.6 Å². The molecular formula is C12H15FO3S2. The molecule has 2 N–H and O–H groups in total. The number of rotatable bonds is 6. The molecule has 0 unspecified atom stereocenters. The topological polar surface area (TPSA) is 57.5 Å². The van der Waals surface area contributed by atoms with Gasteiger partial charge in [-0.1, -0.05) is 13.8 Å². The highest BCUT2D eigenvalue weighted by molar-refractivity contribution is 8.16. The lowest BCUT2D eigenvalue weighted by Crippen LogP contribution is -2.01. The average Bonchev–Trinajstić information content (AvgIpc) is 2.32. The first-order chi connectivity index (χ1) is 8.51. The molecule has 0 amide bonds. The zero-order valence-corrected chi connectivity index (χ0v) is 11.8. The van der Waals surface area contributed by atoms with E-state index in [4.69, 9.17) is 5.11 Å². The summed E-state index contributed by atoms with van der Waals surface area (Å²) in [6.07, 6.45) is 0. The Morgan fingerprint density at radius 2 is 1.89 bits per heavy atom. The zero-order chi connectivity index (χ0) is 13.7. The molecule has 3 nitrogen and oxygen atoms in total. The number of carboxylic acid groups (broad SMARTS) is 1. The van der Waals surface area contributed by atoms with Gasteiger partial charge >= 0.3 is 5.97 Å². The minimum absolute atomic E-state index is 0.140. The normalized spacial score (nSPS) is 10.9. The third kappa shape index (κ3) is 3.55. The van der Waals surface area contributed by atoms with Crippen molar-refractivity contribution in [2.24, 2.45) is 0 Å². The van der Waals surface area contributed by atoms with Crippen LogP contribution < -0.4 is 0 Å². The molecule has 0 saturated carbocycles. The standard InChI is InChI=1S/C12H15FO3S2/c1-3-17-12(18-4-2)8-5-7(11(15)16)6-9(13)10(8)14/h5-6,12,14H,3-4H2,1-2H3,(H,15,16). The molecule has 0 bridgehead atoms. The van der Waals surface area contributed by atoms with Crippen LogP contribution in [0.4, 0.5) is 4.39 Å². The predicted octanol–water partition coefficient (Wildman–Crippen LogP) is 3.73. The first-order valence-electron chi connectivity index (χ1n) is 5.50. The number of carbonyl (C=O) groups is 1. The fourth-order valence-electron chi connectivity index (χ4n) is 1.45. The van der Waals surface area contributed by atoms with E-state index in [0.29, 0.717) is 5.56 Å². The summed E-state index contributed by atoms with van der Waals surface area (Å²) >= 11 is 3.08. The zero-order valence-electron chi connectivity index (χ0n) is 10.1. The van der Waals surface area contributed by atoms with Crippen LogP contribution in [-0.2, 0) is 0 Å². The van der Waals surface area contributed by atoms with Crippen molar-refractivity contribution in [3.63, 3.8) is 0 Å². The summed E-state index contributed by atoms with van der Waals surface area (Å²) in [5.74, 6) is -0.932. The summed E-state index contributed by atoms with van der Waals surface area (Å²) in [6, 6.07) is 2.18. The summed E-state index contributed by atoms with van der Waals surface area (Å²) < 4.78 is 13.4. The highest BCUT2D eigenvalue weighted by Crippen LogP contribution is 2.44. The van der Waals surface area contributed by atoms with Crippen LogP contribution >= 0.6 is 23.5 Å². The highest BCUT2D eigenvalue weighted by atomic mass is 32.2. The fraction of sp³-hybridized carbons (Fsp3) is 0.417. The predicted molar refractivity (Wildman–Crippen MR) is 74.0 cm³/mol. The number of thioether (sulfide) groups is 2. The van der Waals surface area contributed by atoms with Crippen molar-refractivity contribution < 1.29 is 19.4 Å². The van der Waals surface area contributed by atoms with Gasteiger partial charge in [0, 0.05) is 5.56 Å². The van der Waals surface area contributed by atoms with Crippen LogP contribution in [0.3, 0.4) is 0 Å². The smallest absolute Gasteiger partial charge is 0.335 e. The summed E-state index contributed by atoms with van der Waals surface area (Å²) in [5, 5.41) is 18.6. The number of benzene rings is 1. The quantitative estimate of drug-likeness (QED) is 0.782. The Balaban J connectivity index is 3.22. The first kappa shape index (κ1) is 15.2. The molecule has 0 saturated heterocycles. The fourth-order valence-corrected chi connectivity index (χ4v) is 3.98. The summed E-state index contributed by atoms with van der Waals surface area (Å²) in [5.41, 5.74) is 0.199. The van der Waals surface area contributed by atoms with Crippen LogP contribution in [0.2, 0.25) is 0 Å². The molecule has 0 spiro atoms. The van der Waals surface area contributed by atoms with Gasteiger partial charge in [0.25, 0.3) is 0 Å². The number of aromatic hydroxyl groups is 1. The minimum Gasteiger partial charge on any atom is -0.505 e. The number of phenols is 1. The van der Waals surface area contributed by atoms with Crippen molar-refractivity contribution in [1.82, 2.24) is 0 Å². The van der Waals surface area contributed by atoms with Gasteiger partial charge in [-0.25, -0.2) is 9.18 Å². The maximum Gasteiger partial charge on any atom is 0.335 e. The molecule has 6 heteroatoms. The van der Waals surface area contributed by atoms with Crippen LogP contribution in [0.15, 0.2) is 12.1 Å². The van der Waals surface area contributed by atoms with Gasteiger partial charge < -0.3 is 10.2 Å². The third-order valence-electron chi connectivity index (χ3n) is 2.23. The highest BCUT2D eigenvalue weighted by Gasteiger charge is 2.21. The Morgan fingerprint density at radius 1 is 1.33 bits per heavy atom. The molecule has 0 aromatic heterocycles. The number of halogens is 1. The van der Waals surface area contributed by atoms with E-state index in [1.165, 1.54) is 6.07 Å². The van der Waals surface area contributed by atoms with Crippen LogP contribution in [0.25, 0.3) is 0 Å². The SMILES string of the molecule is CCSC(SCC)c1cc(C(=O)O)cc(F)c1O. The van der Waals surface area contributed by atoms with Gasteiger partial charge in [0.15, 0.2) is 11.6 Å². The maximum absolute atomic E-state index is 13.5.